The van der Waals surface area contributed by atoms with Crippen molar-refractivity contribution in [2.75, 3.05) is 6.61 Å². The van der Waals surface area contributed by atoms with Crippen LogP contribution in [0.3, 0.4) is 0 Å². The smallest absolute Gasteiger partial charge is 0.167 e. The summed E-state index contributed by atoms with van der Waals surface area (Å²) in [6.07, 6.45) is 1.86. The highest BCUT2D eigenvalue weighted by Crippen LogP contribution is 2.30. The maximum atomic E-state index is 14.1. The Hall–Kier alpha value is -1.97. The zero-order valence-electron chi connectivity index (χ0n) is 12.1. The number of aryl methyl sites for hydroxylation is 1. The summed E-state index contributed by atoms with van der Waals surface area (Å²) < 4.78 is 46.9. The summed E-state index contributed by atoms with van der Waals surface area (Å²) in [5.41, 5.74) is 0.126. The molecule has 1 nitrogen and oxygen atoms in total. The molecule has 0 bridgehead atoms. The molecular formula is C17H17F3O. The van der Waals surface area contributed by atoms with Crippen LogP contribution in [0.4, 0.5) is 13.2 Å². The molecule has 0 aliphatic rings. The van der Waals surface area contributed by atoms with Crippen LogP contribution in [0.15, 0.2) is 30.3 Å². The highest BCUT2D eigenvalue weighted by Gasteiger charge is 2.16. The first-order valence-electron chi connectivity index (χ1n) is 6.92. The third-order valence-corrected chi connectivity index (χ3v) is 3.27. The zero-order valence-corrected chi connectivity index (χ0v) is 12.1. The Balaban J connectivity index is 2.31. The Morgan fingerprint density at radius 2 is 1.67 bits per heavy atom. The van der Waals surface area contributed by atoms with Crippen molar-refractivity contribution >= 4 is 0 Å². The fourth-order valence-electron chi connectivity index (χ4n) is 1.99. The SMILES string of the molecule is CCCCOc1ccc(-c2ccc(C)c(F)c2F)c(F)c1. The summed E-state index contributed by atoms with van der Waals surface area (Å²) >= 11 is 0. The van der Waals surface area contributed by atoms with E-state index in [1.165, 1.54) is 31.2 Å². The first-order chi connectivity index (χ1) is 10.0. The minimum absolute atomic E-state index is 0.0224. The Labute approximate surface area is 122 Å². The van der Waals surface area contributed by atoms with Crippen LogP contribution in [-0.2, 0) is 0 Å². The second-order valence-corrected chi connectivity index (χ2v) is 4.90. The quantitative estimate of drug-likeness (QED) is 0.684. The van der Waals surface area contributed by atoms with Gasteiger partial charge < -0.3 is 4.74 Å². The highest BCUT2D eigenvalue weighted by atomic mass is 19.2. The van der Waals surface area contributed by atoms with Gasteiger partial charge in [0.15, 0.2) is 11.6 Å². The monoisotopic (exact) mass is 294 g/mol. The standard InChI is InChI=1S/C17H17F3O/c1-3-4-9-21-12-6-8-13(15(18)10-12)14-7-5-11(2)16(19)17(14)20/h5-8,10H,3-4,9H2,1-2H3. The van der Waals surface area contributed by atoms with Gasteiger partial charge in [-0.05, 0) is 31.0 Å². The maximum Gasteiger partial charge on any atom is 0.167 e. The summed E-state index contributed by atoms with van der Waals surface area (Å²) in [7, 11) is 0. The molecule has 0 radical (unpaired) electrons. The average molecular weight is 294 g/mol. The van der Waals surface area contributed by atoms with Gasteiger partial charge in [-0.3, -0.25) is 0 Å². The molecule has 0 aromatic heterocycles. The van der Waals surface area contributed by atoms with E-state index in [1.807, 2.05) is 6.92 Å². The minimum atomic E-state index is -1.03. The van der Waals surface area contributed by atoms with Crippen LogP contribution in [0, 0.1) is 24.4 Å². The lowest BCUT2D eigenvalue weighted by molar-refractivity contribution is 0.308. The van der Waals surface area contributed by atoms with E-state index in [0.717, 1.165) is 12.8 Å². The van der Waals surface area contributed by atoms with E-state index in [4.69, 9.17) is 4.74 Å². The summed E-state index contributed by atoms with van der Waals surface area (Å²) in [5.74, 6) is -2.23. The van der Waals surface area contributed by atoms with Gasteiger partial charge in [0, 0.05) is 17.2 Å². The third-order valence-electron chi connectivity index (χ3n) is 3.27. The van der Waals surface area contributed by atoms with Crippen molar-refractivity contribution in [2.45, 2.75) is 26.7 Å². The number of hydrogen-bond acceptors (Lipinski definition) is 1. The molecule has 0 aliphatic carbocycles. The van der Waals surface area contributed by atoms with Gasteiger partial charge >= 0.3 is 0 Å². The van der Waals surface area contributed by atoms with E-state index < -0.39 is 17.5 Å². The lowest BCUT2D eigenvalue weighted by Crippen LogP contribution is -1.98. The van der Waals surface area contributed by atoms with Crippen LogP contribution in [0.2, 0.25) is 0 Å². The van der Waals surface area contributed by atoms with Crippen molar-refractivity contribution in [1.29, 1.82) is 0 Å². The number of ether oxygens (including phenoxy) is 1. The van der Waals surface area contributed by atoms with Crippen LogP contribution >= 0.6 is 0 Å². The first kappa shape index (κ1) is 15.4. The Bertz CT molecular complexity index is 638. The number of halogens is 3. The Morgan fingerprint density at radius 1 is 0.952 bits per heavy atom. The van der Waals surface area contributed by atoms with E-state index in [1.54, 1.807) is 6.07 Å². The van der Waals surface area contributed by atoms with E-state index in [0.29, 0.717) is 12.4 Å². The molecule has 21 heavy (non-hydrogen) atoms. The van der Waals surface area contributed by atoms with Crippen LogP contribution in [-0.4, -0.2) is 6.61 Å². The number of rotatable bonds is 5. The highest BCUT2D eigenvalue weighted by molar-refractivity contribution is 5.66. The van der Waals surface area contributed by atoms with Crippen molar-refractivity contribution in [1.82, 2.24) is 0 Å². The van der Waals surface area contributed by atoms with E-state index in [2.05, 4.69) is 0 Å². The molecule has 2 rings (SSSR count). The van der Waals surface area contributed by atoms with Gasteiger partial charge in [0.2, 0.25) is 0 Å². The van der Waals surface area contributed by atoms with Crippen molar-refractivity contribution in [3.8, 4) is 16.9 Å². The Morgan fingerprint density at radius 3 is 2.33 bits per heavy atom. The topological polar surface area (TPSA) is 9.23 Å². The second-order valence-electron chi connectivity index (χ2n) is 4.90. The molecule has 0 saturated heterocycles. The number of benzene rings is 2. The van der Waals surface area contributed by atoms with Gasteiger partial charge in [-0.15, -0.1) is 0 Å². The summed E-state index contributed by atoms with van der Waals surface area (Å²) in [6, 6.07) is 6.97. The predicted octanol–water partition coefficient (Wildman–Crippen LogP) is 5.26. The number of unbranched alkanes of at least 4 members (excludes halogenated alkanes) is 1. The van der Waals surface area contributed by atoms with Gasteiger partial charge in [0.25, 0.3) is 0 Å². The zero-order chi connectivity index (χ0) is 15.4. The molecule has 0 spiro atoms. The fraction of sp³-hybridized carbons (Fsp3) is 0.294. The summed E-state index contributed by atoms with van der Waals surface area (Å²) in [4.78, 5) is 0. The molecule has 0 aliphatic heterocycles. The van der Waals surface area contributed by atoms with Gasteiger partial charge in [0.05, 0.1) is 6.61 Å². The van der Waals surface area contributed by atoms with Gasteiger partial charge in [-0.2, -0.15) is 0 Å². The first-order valence-corrected chi connectivity index (χ1v) is 6.92. The summed E-state index contributed by atoms with van der Waals surface area (Å²) in [6.45, 7) is 3.99. The molecule has 0 fully saturated rings. The largest absolute Gasteiger partial charge is 0.493 e. The molecule has 0 N–H and O–H groups in total. The van der Waals surface area contributed by atoms with Gasteiger partial charge in [-0.1, -0.05) is 25.5 Å². The lowest BCUT2D eigenvalue weighted by atomic mass is 10.0. The van der Waals surface area contributed by atoms with Crippen molar-refractivity contribution in [3.63, 3.8) is 0 Å². The van der Waals surface area contributed by atoms with Crippen molar-refractivity contribution in [3.05, 3.63) is 53.3 Å². The molecule has 2 aromatic rings. The van der Waals surface area contributed by atoms with Gasteiger partial charge in [0.1, 0.15) is 11.6 Å². The normalized spacial score (nSPS) is 10.7. The van der Waals surface area contributed by atoms with Gasteiger partial charge in [-0.25, -0.2) is 13.2 Å². The molecular weight excluding hydrogens is 277 g/mol. The minimum Gasteiger partial charge on any atom is -0.493 e. The summed E-state index contributed by atoms with van der Waals surface area (Å²) in [5, 5.41) is 0. The average Bonchev–Trinajstić information content (AvgIpc) is 2.46. The molecule has 112 valence electrons. The van der Waals surface area contributed by atoms with Crippen LogP contribution in [0.1, 0.15) is 25.3 Å². The van der Waals surface area contributed by atoms with E-state index in [-0.39, 0.29) is 16.7 Å². The third kappa shape index (κ3) is 3.38. The lowest BCUT2D eigenvalue weighted by Gasteiger charge is -2.10. The molecule has 4 heteroatoms. The van der Waals surface area contributed by atoms with Crippen LogP contribution in [0.25, 0.3) is 11.1 Å². The molecule has 0 unspecified atom stereocenters. The van der Waals surface area contributed by atoms with Crippen LogP contribution < -0.4 is 4.74 Å². The van der Waals surface area contributed by atoms with Crippen molar-refractivity contribution < 1.29 is 17.9 Å². The fourth-order valence-corrected chi connectivity index (χ4v) is 1.99. The van der Waals surface area contributed by atoms with Crippen LogP contribution in [0.5, 0.6) is 5.75 Å². The molecule has 0 saturated carbocycles. The van der Waals surface area contributed by atoms with E-state index >= 15 is 0 Å². The maximum absolute atomic E-state index is 14.1. The Kier molecular flexibility index (Phi) is 4.89. The predicted molar refractivity (Wildman–Crippen MR) is 76.9 cm³/mol. The number of hydrogen-bond donors (Lipinski definition) is 0. The van der Waals surface area contributed by atoms with Crippen molar-refractivity contribution in [2.24, 2.45) is 0 Å². The molecule has 2 aromatic carbocycles. The molecule has 0 atom stereocenters. The molecule has 0 amide bonds. The molecule has 0 heterocycles. The van der Waals surface area contributed by atoms with E-state index in [9.17, 15) is 13.2 Å². The second kappa shape index (κ2) is 6.66.